The molecule has 19 heavy (non-hydrogen) atoms. The normalized spacial score (nSPS) is 10.8. The number of carboxylic acid groups (broad SMARTS) is 1. The Hall–Kier alpha value is -2.33. The third kappa shape index (κ3) is 2.18. The van der Waals surface area contributed by atoms with E-state index in [0.717, 1.165) is 11.1 Å². The summed E-state index contributed by atoms with van der Waals surface area (Å²) in [5.41, 5.74) is 2.61. The maximum absolute atomic E-state index is 10.9. The van der Waals surface area contributed by atoms with E-state index in [4.69, 9.17) is 16.7 Å². The minimum atomic E-state index is -1.03. The second-order valence-corrected chi connectivity index (χ2v) is 4.56. The van der Waals surface area contributed by atoms with Gasteiger partial charge >= 0.3 is 5.97 Å². The predicted molar refractivity (Wildman–Crippen MR) is 72.6 cm³/mol. The van der Waals surface area contributed by atoms with E-state index in [9.17, 15) is 4.79 Å². The van der Waals surface area contributed by atoms with Crippen molar-refractivity contribution in [2.45, 2.75) is 0 Å². The molecule has 2 heterocycles. The van der Waals surface area contributed by atoms with Gasteiger partial charge < -0.3 is 9.51 Å². The second-order valence-electron chi connectivity index (χ2n) is 4.12. The van der Waals surface area contributed by atoms with Gasteiger partial charge in [-0.1, -0.05) is 23.7 Å². The molecule has 0 aliphatic rings. The molecular weight excluding hydrogens is 264 g/mol. The molecule has 0 saturated carbocycles. The molecular formula is C14H9ClN2O2. The second kappa shape index (κ2) is 4.40. The number of rotatable bonds is 2. The van der Waals surface area contributed by atoms with Crippen molar-refractivity contribution in [3.8, 4) is 11.1 Å². The van der Waals surface area contributed by atoms with Gasteiger partial charge in [-0.3, -0.25) is 0 Å². The Labute approximate surface area is 113 Å². The highest BCUT2D eigenvalue weighted by Gasteiger charge is 2.09. The van der Waals surface area contributed by atoms with Gasteiger partial charge in [-0.05, 0) is 35.4 Å². The van der Waals surface area contributed by atoms with Crippen LogP contribution in [0.15, 0.2) is 48.8 Å². The molecule has 0 fully saturated rings. The lowest BCUT2D eigenvalue weighted by Gasteiger charge is -2.02. The van der Waals surface area contributed by atoms with Crippen LogP contribution in [0.5, 0.6) is 0 Å². The molecule has 0 unspecified atom stereocenters. The zero-order chi connectivity index (χ0) is 13.4. The topological polar surface area (TPSA) is 54.6 Å². The van der Waals surface area contributed by atoms with E-state index in [1.807, 2.05) is 36.4 Å². The minimum absolute atomic E-state index is 0.0354. The number of aromatic nitrogens is 2. The Morgan fingerprint density at radius 3 is 2.58 bits per heavy atom. The number of benzene rings is 1. The first-order valence-electron chi connectivity index (χ1n) is 5.61. The Morgan fingerprint density at radius 1 is 1.16 bits per heavy atom. The van der Waals surface area contributed by atoms with E-state index < -0.39 is 5.97 Å². The van der Waals surface area contributed by atoms with E-state index in [-0.39, 0.29) is 5.69 Å². The van der Waals surface area contributed by atoms with E-state index >= 15 is 0 Å². The third-order valence-electron chi connectivity index (χ3n) is 2.86. The van der Waals surface area contributed by atoms with Crippen LogP contribution in [-0.4, -0.2) is 20.5 Å². The van der Waals surface area contributed by atoms with Crippen LogP contribution >= 0.6 is 11.6 Å². The Bertz CT molecular complexity index is 763. The van der Waals surface area contributed by atoms with Crippen molar-refractivity contribution in [1.82, 2.24) is 9.38 Å². The number of fused-ring (bicyclic) bond motifs is 1. The average molecular weight is 273 g/mol. The summed E-state index contributed by atoms with van der Waals surface area (Å²) in [6, 6.07) is 11.2. The highest BCUT2D eigenvalue weighted by molar-refractivity contribution is 6.30. The van der Waals surface area contributed by atoms with E-state index in [1.54, 1.807) is 10.6 Å². The number of hydrogen-bond donors (Lipinski definition) is 1. The molecule has 94 valence electrons. The summed E-state index contributed by atoms with van der Waals surface area (Å²) < 4.78 is 1.68. The third-order valence-corrected chi connectivity index (χ3v) is 3.11. The van der Waals surface area contributed by atoms with Gasteiger partial charge in [0.15, 0.2) is 5.69 Å². The molecule has 0 spiro atoms. The van der Waals surface area contributed by atoms with Crippen LogP contribution < -0.4 is 0 Å². The van der Waals surface area contributed by atoms with Crippen molar-refractivity contribution in [2.75, 3.05) is 0 Å². The highest BCUT2D eigenvalue weighted by atomic mass is 35.5. The lowest BCUT2D eigenvalue weighted by molar-refractivity contribution is 0.0691. The minimum Gasteiger partial charge on any atom is -0.476 e. The molecule has 1 aromatic carbocycles. The molecule has 0 amide bonds. The molecule has 2 aromatic heterocycles. The standard InChI is InChI=1S/C14H9ClN2O2/c15-11-3-1-9(2-4-11)10-5-6-17-8-12(14(18)19)16-13(17)7-10/h1-8H,(H,18,19). The molecule has 3 rings (SSSR count). The highest BCUT2D eigenvalue weighted by Crippen LogP contribution is 2.22. The number of hydrogen-bond acceptors (Lipinski definition) is 2. The Kier molecular flexibility index (Phi) is 2.72. The van der Waals surface area contributed by atoms with Gasteiger partial charge in [0.1, 0.15) is 5.65 Å². The number of carbonyl (C=O) groups is 1. The summed E-state index contributed by atoms with van der Waals surface area (Å²) in [4.78, 5) is 14.9. The van der Waals surface area contributed by atoms with Crippen molar-refractivity contribution in [3.63, 3.8) is 0 Å². The summed E-state index contributed by atoms with van der Waals surface area (Å²) in [5.74, 6) is -1.03. The first-order valence-corrected chi connectivity index (χ1v) is 5.99. The van der Waals surface area contributed by atoms with Crippen LogP contribution in [-0.2, 0) is 0 Å². The van der Waals surface area contributed by atoms with Crippen molar-refractivity contribution < 1.29 is 9.90 Å². The van der Waals surface area contributed by atoms with Crippen LogP contribution in [0.1, 0.15) is 10.5 Å². The van der Waals surface area contributed by atoms with Crippen LogP contribution in [0.4, 0.5) is 0 Å². The van der Waals surface area contributed by atoms with Gasteiger partial charge in [0.2, 0.25) is 0 Å². The number of imidazole rings is 1. The molecule has 0 atom stereocenters. The molecule has 0 aliphatic carbocycles. The SMILES string of the molecule is O=C(O)c1cn2ccc(-c3ccc(Cl)cc3)cc2n1. The summed E-state index contributed by atoms with van der Waals surface area (Å²) >= 11 is 5.85. The largest absolute Gasteiger partial charge is 0.476 e. The number of halogens is 1. The van der Waals surface area contributed by atoms with Gasteiger partial charge in [-0.15, -0.1) is 0 Å². The maximum Gasteiger partial charge on any atom is 0.356 e. The summed E-state index contributed by atoms with van der Waals surface area (Å²) in [6.45, 7) is 0. The number of nitrogens with zero attached hydrogens (tertiary/aromatic N) is 2. The fraction of sp³-hybridized carbons (Fsp3) is 0. The van der Waals surface area contributed by atoms with Crippen molar-refractivity contribution in [3.05, 3.63) is 59.5 Å². The van der Waals surface area contributed by atoms with Gasteiger partial charge in [-0.25, -0.2) is 9.78 Å². The number of carboxylic acids is 1. The molecule has 0 bridgehead atoms. The summed E-state index contributed by atoms with van der Waals surface area (Å²) in [6.07, 6.45) is 3.28. The quantitative estimate of drug-likeness (QED) is 0.778. The van der Waals surface area contributed by atoms with Crippen molar-refractivity contribution >= 4 is 23.2 Å². The van der Waals surface area contributed by atoms with Crippen molar-refractivity contribution in [1.29, 1.82) is 0 Å². The fourth-order valence-electron chi connectivity index (χ4n) is 1.91. The monoisotopic (exact) mass is 272 g/mol. The smallest absolute Gasteiger partial charge is 0.356 e. The van der Waals surface area contributed by atoms with Gasteiger partial charge in [0, 0.05) is 17.4 Å². The van der Waals surface area contributed by atoms with E-state index in [1.165, 1.54) is 6.20 Å². The molecule has 4 nitrogen and oxygen atoms in total. The van der Waals surface area contributed by atoms with E-state index in [2.05, 4.69) is 4.98 Å². The zero-order valence-electron chi connectivity index (χ0n) is 9.75. The molecule has 0 radical (unpaired) electrons. The van der Waals surface area contributed by atoms with Crippen molar-refractivity contribution in [2.24, 2.45) is 0 Å². The number of pyridine rings is 1. The molecule has 3 aromatic rings. The lowest BCUT2D eigenvalue weighted by atomic mass is 10.1. The van der Waals surface area contributed by atoms with Crippen LogP contribution in [0.25, 0.3) is 16.8 Å². The average Bonchev–Trinajstić information content (AvgIpc) is 2.82. The molecule has 0 aliphatic heterocycles. The van der Waals surface area contributed by atoms with Gasteiger partial charge in [0.25, 0.3) is 0 Å². The first-order chi connectivity index (χ1) is 9.13. The molecule has 5 heteroatoms. The molecule has 1 N–H and O–H groups in total. The first kappa shape index (κ1) is 11.7. The van der Waals surface area contributed by atoms with Crippen LogP contribution in [0, 0.1) is 0 Å². The van der Waals surface area contributed by atoms with Gasteiger partial charge in [0.05, 0.1) is 0 Å². The van der Waals surface area contributed by atoms with Crippen LogP contribution in [0.3, 0.4) is 0 Å². The number of aromatic carboxylic acids is 1. The van der Waals surface area contributed by atoms with Crippen LogP contribution in [0.2, 0.25) is 5.02 Å². The Morgan fingerprint density at radius 2 is 1.89 bits per heavy atom. The maximum atomic E-state index is 10.9. The van der Waals surface area contributed by atoms with E-state index in [0.29, 0.717) is 10.7 Å². The van der Waals surface area contributed by atoms with Gasteiger partial charge in [-0.2, -0.15) is 0 Å². The lowest BCUT2D eigenvalue weighted by Crippen LogP contribution is -1.94. The summed E-state index contributed by atoms with van der Waals surface area (Å²) in [7, 11) is 0. The summed E-state index contributed by atoms with van der Waals surface area (Å²) in [5, 5.41) is 9.59. The predicted octanol–water partition coefficient (Wildman–Crippen LogP) is 3.35. The Balaban J connectivity index is 2.10. The molecule has 0 saturated heterocycles. The fourth-order valence-corrected chi connectivity index (χ4v) is 2.03. The zero-order valence-corrected chi connectivity index (χ0v) is 10.5.